The van der Waals surface area contributed by atoms with Crippen molar-refractivity contribution in [1.29, 1.82) is 0 Å². The molecule has 6 heteroatoms. The Bertz CT molecular complexity index is 2790. The number of hydrogen-bond donors (Lipinski definition) is 1. The molecule has 6 heterocycles. The van der Waals surface area contributed by atoms with Gasteiger partial charge < -0.3 is 14.5 Å². The molecule has 1 aliphatic heterocycles. The maximum absolute atomic E-state index is 4.84. The summed E-state index contributed by atoms with van der Waals surface area (Å²) in [7, 11) is 0. The second-order valence-electron chi connectivity index (χ2n) is 13.1. The van der Waals surface area contributed by atoms with Crippen molar-refractivity contribution in [2.45, 2.75) is 6.92 Å². The van der Waals surface area contributed by atoms with Gasteiger partial charge >= 0.3 is 0 Å². The Morgan fingerprint density at radius 1 is 0.549 bits per heavy atom. The summed E-state index contributed by atoms with van der Waals surface area (Å²) < 4.78 is 4.62. The van der Waals surface area contributed by atoms with Gasteiger partial charge in [-0.1, -0.05) is 72.3 Å². The summed E-state index contributed by atoms with van der Waals surface area (Å²) in [5, 5.41) is 7.24. The number of nitrogens with zero attached hydrogens (tertiary/aromatic N) is 5. The molecule has 1 aliphatic rings. The van der Waals surface area contributed by atoms with E-state index < -0.39 is 0 Å². The molecule has 0 amide bonds. The molecule has 0 aliphatic carbocycles. The number of benzene rings is 4. The predicted molar refractivity (Wildman–Crippen MR) is 210 cm³/mol. The molecule has 0 spiro atoms. The van der Waals surface area contributed by atoms with Crippen LogP contribution in [0.25, 0.3) is 83.8 Å². The van der Waals surface area contributed by atoms with Crippen LogP contribution in [0, 0.1) is 6.92 Å². The van der Waals surface area contributed by atoms with Gasteiger partial charge in [0, 0.05) is 63.8 Å². The maximum atomic E-state index is 4.84. The van der Waals surface area contributed by atoms with Gasteiger partial charge in [-0.3, -0.25) is 15.0 Å². The quantitative estimate of drug-likeness (QED) is 0.200. The number of fused-ring (bicyclic) bond motifs is 6. The van der Waals surface area contributed by atoms with Crippen LogP contribution < -0.4 is 5.32 Å². The maximum Gasteiger partial charge on any atom is 0.0886 e. The van der Waals surface area contributed by atoms with Crippen LogP contribution in [0.5, 0.6) is 0 Å². The molecule has 4 aromatic carbocycles. The molecule has 9 aromatic rings. The Morgan fingerprint density at radius 2 is 1.31 bits per heavy atom. The van der Waals surface area contributed by atoms with Crippen molar-refractivity contribution >= 4 is 44.5 Å². The fraction of sp³-hybridized carbons (Fsp3) is 0.0444. The first-order chi connectivity index (χ1) is 25.2. The number of aryl methyl sites for hydroxylation is 1. The lowest BCUT2D eigenvalue weighted by Crippen LogP contribution is -2.05. The summed E-state index contributed by atoms with van der Waals surface area (Å²) in [4.78, 5) is 14.1. The lowest BCUT2D eigenvalue weighted by atomic mass is 10.0. The summed E-state index contributed by atoms with van der Waals surface area (Å²) in [5.41, 5.74) is 15.3. The third kappa shape index (κ3) is 4.83. The molecular weight excluding hydrogens is 625 g/mol. The zero-order valence-corrected chi connectivity index (χ0v) is 28.0. The van der Waals surface area contributed by atoms with Gasteiger partial charge in [-0.15, -0.1) is 0 Å². The average Bonchev–Trinajstić information content (AvgIpc) is 3.71. The summed E-state index contributed by atoms with van der Waals surface area (Å²) >= 11 is 0. The van der Waals surface area contributed by atoms with Crippen LogP contribution >= 0.6 is 0 Å². The van der Waals surface area contributed by atoms with Crippen molar-refractivity contribution in [2.24, 2.45) is 0 Å². The highest BCUT2D eigenvalue weighted by atomic mass is 15.0. The molecule has 1 N–H and O–H groups in total. The van der Waals surface area contributed by atoms with E-state index in [9.17, 15) is 0 Å². The van der Waals surface area contributed by atoms with E-state index in [4.69, 9.17) is 9.97 Å². The molecular formula is C45H32N6. The van der Waals surface area contributed by atoms with Gasteiger partial charge in [0.25, 0.3) is 0 Å². The van der Waals surface area contributed by atoms with Gasteiger partial charge in [0.1, 0.15) is 0 Å². The molecule has 5 aromatic heterocycles. The van der Waals surface area contributed by atoms with E-state index in [-0.39, 0.29) is 0 Å². The van der Waals surface area contributed by atoms with Crippen molar-refractivity contribution in [1.82, 2.24) is 24.1 Å². The van der Waals surface area contributed by atoms with Crippen molar-refractivity contribution in [3.63, 3.8) is 0 Å². The number of hydrogen-bond acceptors (Lipinski definition) is 4. The fourth-order valence-corrected chi connectivity index (χ4v) is 7.53. The van der Waals surface area contributed by atoms with Crippen molar-refractivity contribution in [2.75, 3.05) is 11.9 Å². The van der Waals surface area contributed by atoms with E-state index in [1.165, 1.54) is 44.1 Å². The standard InChI is InChI=1S/C45H32N6/c1-29-11-20-42-38(24-29)36-21-23-46-28-44(36)51(42)35-7-4-6-31(25-35)33-15-19-40(49-27-33)39-18-14-32(26-48-39)30-12-16-34(17-13-30)50-41-9-3-2-8-37(41)45-43(50)10-5-22-47-45/h2-21,23-28,47H,22H2,1H3. The molecule has 242 valence electrons. The molecule has 0 fully saturated rings. The van der Waals surface area contributed by atoms with Crippen LogP contribution in [0.2, 0.25) is 0 Å². The second-order valence-corrected chi connectivity index (χ2v) is 13.1. The number of nitrogens with one attached hydrogen (secondary N) is 1. The average molecular weight is 657 g/mol. The summed E-state index contributed by atoms with van der Waals surface area (Å²) in [6, 6.07) is 43.0. The van der Waals surface area contributed by atoms with E-state index in [1.807, 2.05) is 24.8 Å². The number of para-hydroxylation sites is 1. The fourth-order valence-electron chi connectivity index (χ4n) is 7.53. The Balaban J connectivity index is 0.916. The highest BCUT2D eigenvalue weighted by molar-refractivity contribution is 6.09. The predicted octanol–water partition coefficient (Wildman–Crippen LogP) is 10.7. The summed E-state index contributed by atoms with van der Waals surface area (Å²) in [5.74, 6) is 0. The van der Waals surface area contributed by atoms with Gasteiger partial charge in [-0.2, -0.15) is 0 Å². The number of rotatable bonds is 5. The van der Waals surface area contributed by atoms with Gasteiger partial charge in [-0.05, 0) is 84.8 Å². The molecule has 0 saturated heterocycles. The first-order valence-corrected chi connectivity index (χ1v) is 17.2. The highest BCUT2D eigenvalue weighted by Crippen LogP contribution is 2.37. The van der Waals surface area contributed by atoms with Crippen LogP contribution in [0.4, 0.5) is 5.69 Å². The zero-order valence-electron chi connectivity index (χ0n) is 28.0. The van der Waals surface area contributed by atoms with E-state index in [2.05, 4.69) is 160 Å². The molecule has 0 atom stereocenters. The minimum Gasteiger partial charge on any atom is -0.379 e. The minimum absolute atomic E-state index is 0.839. The van der Waals surface area contributed by atoms with Crippen molar-refractivity contribution < 1.29 is 0 Å². The van der Waals surface area contributed by atoms with Crippen LogP contribution in [0.15, 0.2) is 152 Å². The van der Waals surface area contributed by atoms with E-state index in [0.717, 1.165) is 57.1 Å². The monoisotopic (exact) mass is 656 g/mol. The SMILES string of the molecule is Cc1ccc2c(c1)c1ccncc1n2-c1cccc(-c2ccc(-c3ccc(-c4ccc(-n5c6c(c7ccccc75)NCC=C6)cc4)cn3)nc2)c1. The molecule has 6 nitrogen and oxygen atoms in total. The molecule has 0 unspecified atom stereocenters. The van der Waals surface area contributed by atoms with Gasteiger partial charge in [-0.25, -0.2) is 0 Å². The van der Waals surface area contributed by atoms with Crippen molar-refractivity contribution in [3.05, 3.63) is 163 Å². The molecule has 0 bridgehead atoms. The molecule has 0 saturated carbocycles. The van der Waals surface area contributed by atoms with Gasteiger partial charge in [0.05, 0.1) is 45.5 Å². The van der Waals surface area contributed by atoms with E-state index >= 15 is 0 Å². The van der Waals surface area contributed by atoms with Crippen LogP contribution in [-0.4, -0.2) is 30.6 Å². The van der Waals surface area contributed by atoms with Crippen LogP contribution in [-0.2, 0) is 0 Å². The Morgan fingerprint density at radius 3 is 2.12 bits per heavy atom. The van der Waals surface area contributed by atoms with E-state index in [0.29, 0.717) is 0 Å². The first kappa shape index (κ1) is 29.2. The second kappa shape index (κ2) is 11.7. The minimum atomic E-state index is 0.839. The third-order valence-electron chi connectivity index (χ3n) is 9.99. The lowest BCUT2D eigenvalue weighted by Gasteiger charge is -2.13. The van der Waals surface area contributed by atoms with Crippen LogP contribution in [0.1, 0.15) is 11.3 Å². The number of aromatic nitrogens is 5. The van der Waals surface area contributed by atoms with E-state index in [1.54, 1.807) is 0 Å². The van der Waals surface area contributed by atoms with Gasteiger partial charge in [0.15, 0.2) is 0 Å². The van der Waals surface area contributed by atoms with Crippen LogP contribution in [0.3, 0.4) is 0 Å². The molecule has 51 heavy (non-hydrogen) atoms. The lowest BCUT2D eigenvalue weighted by molar-refractivity contribution is 1.10. The largest absolute Gasteiger partial charge is 0.379 e. The topological polar surface area (TPSA) is 60.6 Å². The highest BCUT2D eigenvalue weighted by Gasteiger charge is 2.18. The number of anilines is 1. The Labute approximate surface area is 295 Å². The van der Waals surface area contributed by atoms with Crippen molar-refractivity contribution in [3.8, 4) is 45.0 Å². The third-order valence-corrected chi connectivity index (χ3v) is 9.99. The number of pyridine rings is 3. The summed E-state index contributed by atoms with van der Waals surface area (Å²) in [6.45, 7) is 2.98. The normalized spacial score (nSPS) is 12.4. The smallest absolute Gasteiger partial charge is 0.0886 e. The molecule has 10 rings (SSSR count). The molecule has 0 radical (unpaired) electrons. The summed E-state index contributed by atoms with van der Waals surface area (Å²) in [6.07, 6.45) is 12.1. The zero-order chi connectivity index (χ0) is 33.9. The Kier molecular flexibility index (Phi) is 6.67. The first-order valence-electron chi connectivity index (χ1n) is 17.2. The Hall–Kier alpha value is -6.79. The van der Waals surface area contributed by atoms with Gasteiger partial charge in [0.2, 0.25) is 0 Å².